The predicted octanol–water partition coefficient (Wildman–Crippen LogP) is 1.93. The molecule has 0 aliphatic rings. The Bertz CT molecular complexity index is 947. The van der Waals surface area contributed by atoms with Crippen LogP contribution in [0.5, 0.6) is 0 Å². The van der Waals surface area contributed by atoms with Crippen LogP contribution in [0.1, 0.15) is 10.5 Å². The van der Waals surface area contributed by atoms with Crippen LogP contribution < -0.4 is 10.0 Å². The van der Waals surface area contributed by atoms with Gasteiger partial charge in [-0.15, -0.1) is 11.3 Å². The molecule has 124 valence electrons. The molecule has 1 aromatic carbocycles. The molecule has 2 heterocycles. The first-order valence-electron chi connectivity index (χ1n) is 6.77. The first-order chi connectivity index (χ1) is 11.4. The van der Waals surface area contributed by atoms with Gasteiger partial charge in [-0.2, -0.15) is 5.10 Å². The minimum atomic E-state index is -3.71. The Morgan fingerprint density at radius 3 is 2.54 bits per heavy atom. The van der Waals surface area contributed by atoms with Gasteiger partial charge in [-0.05, 0) is 30.3 Å². The van der Waals surface area contributed by atoms with Crippen molar-refractivity contribution in [2.75, 3.05) is 10.0 Å². The van der Waals surface area contributed by atoms with Crippen molar-refractivity contribution >= 4 is 38.1 Å². The topological polar surface area (TPSA) is 106 Å². The van der Waals surface area contributed by atoms with Crippen molar-refractivity contribution in [1.82, 2.24) is 14.8 Å². The lowest BCUT2D eigenvalue weighted by Crippen LogP contribution is -2.14. The first-order valence-corrected chi connectivity index (χ1v) is 9.14. The Balaban J connectivity index is 1.72. The Morgan fingerprint density at radius 1 is 1.21 bits per heavy atom. The minimum Gasteiger partial charge on any atom is -0.321 e. The van der Waals surface area contributed by atoms with Crippen molar-refractivity contribution in [2.45, 2.75) is 4.90 Å². The number of amides is 1. The lowest BCUT2D eigenvalue weighted by Gasteiger charge is -2.07. The molecule has 0 atom stereocenters. The zero-order valence-corrected chi connectivity index (χ0v) is 14.1. The van der Waals surface area contributed by atoms with E-state index in [2.05, 4.69) is 20.1 Å². The third-order valence-electron chi connectivity index (χ3n) is 3.02. The van der Waals surface area contributed by atoms with Crippen molar-refractivity contribution in [1.29, 1.82) is 0 Å². The number of carbonyl (C=O) groups excluding carboxylic acids is 1. The number of carbonyl (C=O) groups is 1. The van der Waals surface area contributed by atoms with E-state index < -0.39 is 10.0 Å². The van der Waals surface area contributed by atoms with Gasteiger partial charge in [0.1, 0.15) is 0 Å². The molecular weight excluding hydrogens is 350 g/mol. The average Bonchev–Trinajstić information content (AvgIpc) is 3.19. The molecule has 2 aromatic heterocycles. The highest BCUT2D eigenvalue weighted by molar-refractivity contribution is 7.93. The molecule has 3 aromatic rings. The number of hydrogen-bond donors (Lipinski definition) is 2. The summed E-state index contributed by atoms with van der Waals surface area (Å²) in [5.41, 5.74) is 0.749. The second-order valence-corrected chi connectivity index (χ2v) is 7.37. The highest BCUT2D eigenvalue weighted by Gasteiger charge is 2.16. The summed E-state index contributed by atoms with van der Waals surface area (Å²) in [6, 6.07) is 7.43. The molecule has 0 saturated carbocycles. The van der Waals surface area contributed by atoms with Crippen LogP contribution in [-0.2, 0) is 17.1 Å². The summed E-state index contributed by atoms with van der Waals surface area (Å²) in [7, 11) is -1.99. The van der Waals surface area contributed by atoms with E-state index in [1.54, 1.807) is 24.7 Å². The van der Waals surface area contributed by atoms with Crippen molar-refractivity contribution in [2.24, 2.45) is 7.05 Å². The van der Waals surface area contributed by atoms with Gasteiger partial charge in [0.15, 0.2) is 10.8 Å². The maximum Gasteiger partial charge on any atom is 0.276 e. The highest BCUT2D eigenvalue weighted by atomic mass is 32.2. The van der Waals surface area contributed by atoms with Crippen molar-refractivity contribution in [3.8, 4) is 0 Å². The number of benzene rings is 1. The monoisotopic (exact) mass is 363 g/mol. The lowest BCUT2D eigenvalue weighted by atomic mass is 10.3. The molecular formula is C14H13N5O3S2. The number of thiazole rings is 1. The number of anilines is 2. The first kappa shape index (κ1) is 16.1. The summed E-state index contributed by atoms with van der Waals surface area (Å²) in [5.74, 6) is -0.368. The summed E-state index contributed by atoms with van der Waals surface area (Å²) in [6.45, 7) is 0. The van der Waals surface area contributed by atoms with Gasteiger partial charge in [0, 0.05) is 30.5 Å². The lowest BCUT2D eigenvalue weighted by molar-refractivity contribution is 0.102. The molecule has 10 heteroatoms. The Hall–Kier alpha value is -2.72. The van der Waals surface area contributed by atoms with Crippen LogP contribution in [0.2, 0.25) is 0 Å². The summed E-state index contributed by atoms with van der Waals surface area (Å²) >= 11 is 1.19. The molecule has 0 spiro atoms. The van der Waals surface area contributed by atoms with Gasteiger partial charge >= 0.3 is 0 Å². The van der Waals surface area contributed by atoms with Gasteiger partial charge in [0.25, 0.3) is 15.9 Å². The largest absolute Gasteiger partial charge is 0.321 e. The second kappa shape index (κ2) is 6.42. The maximum absolute atomic E-state index is 12.2. The van der Waals surface area contributed by atoms with E-state index in [1.165, 1.54) is 46.5 Å². The van der Waals surface area contributed by atoms with Gasteiger partial charge in [-0.25, -0.2) is 13.4 Å². The molecule has 0 unspecified atom stereocenters. The summed E-state index contributed by atoms with van der Waals surface area (Å²) in [4.78, 5) is 16.0. The summed E-state index contributed by atoms with van der Waals surface area (Å²) in [6.07, 6.45) is 3.17. The molecule has 8 nitrogen and oxygen atoms in total. The van der Waals surface area contributed by atoms with Gasteiger partial charge in [-0.1, -0.05) is 0 Å². The SMILES string of the molecule is Cn1ccc(C(=O)Nc2ccc(S(=O)(=O)Nc3nccs3)cc2)n1. The molecule has 0 saturated heterocycles. The van der Waals surface area contributed by atoms with E-state index in [9.17, 15) is 13.2 Å². The average molecular weight is 363 g/mol. The minimum absolute atomic E-state index is 0.0773. The number of sulfonamides is 1. The van der Waals surface area contributed by atoms with E-state index >= 15 is 0 Å². The number of rotatable bonds is 5. The fourth-order valence-electron chi connectivity index (χ4n) is 1.90. The van der Waals surface area contributed by atoms with E-state index in [0.29, 0.717) is 10.8 Å². The molecule has 0 aliphatic heterocycles. The van der Waals surface area contributed by atoms with Crippen LogP contribution in [0.4, 0.5) is 10.8 Å². The van der Waals surface area contributed by atoms with Crippen LogP contribution in [0.25, 0.3) is 0 Å². The quantitative estimate of drug-likeness (QED) is 0.720. The summed E-state index contributed by atoms with van der Waals surface area (Å²) < 4.78 is 28.3. The number of hydrogen-bond acceptors (Lipinski definition) is 6. The highest BCUT2D eigenvalue weighted by Crippen LogP contribution is 2.19. The van der Waals surface area contributed by atoms with Gasteiger partial charge in [-0.3, -0.25) is 14.2 Å². The third kappa shape index (κ3) is 3.60. The molecule has 2 N–H and O–H groups in total. The van der Waals surface area contributed by atoms with Gasteiger partial charge in [0.05, 0.1) is 4.90 Å². The fraction of sp³-hybridized carbons (Fsp3) is 0.0714. The molecule has 0 fully saturated rings. The number of nitrogens with one attached hydrogen (secondary N) is 2. The standard InChI is InChI=1S/C14H13N5O3S2/c1-19-8-6-12(17-19)13(20)16-10-2-4-11(5-3-10)24(21,22)18-14-15-7-9-23-14/h2-9H,1H3,(H,15,18)(H,16,20). The fourth-order valence-corrected chi connectivity index (χ4v) is 3.69. The zero-order valence-electron chi connectivity index (χ0n) is 12.5. The van der Waals surface area contributed by atoms with Gasteiger partial charge in [0.2, 0.25) is 0 Å². The van der Waals surface area contributed by atoms with Crippen molar-refractivity contribution < 1.29 is 13.2 Å². The molecule has 0 bridgehead atoms. The molecule has 0 radical (unpaired) electrons. The van der Waals surface area contributed by atoms with E-state index in [4.69, 9.17) is 0 Å². The molecule has 24 heavy (non-hydrogen) atoms. The Kier molecular flexibility index (Phi) is 4.32. The molecule has 0 aliphatic carbocycles. The zero-order chi connectivity index (χ0) is 17.2. The van der Waals surface area contributed by atoms with E-state index in [-0.39, 0.29) is 16.5 Å². The molecule has 3 rings (SSSR count). The molecule has 1 amide bonds. The summed E-state index contributed by atoms with van der Waals surface area (Å²) in [5, 5.41) is 8.62. The predicted molar refractivity (Wildman–Crippen MR) is 90.5 cm³/mol. The van der Waals surface area contributed by atoms with E-state index in [1.807, 2.05) is 0 Å². The van der Waals surface area contributed by atoms with Crippen LogP contribution in [0.15, 0.2) is 53.0 Å². The second-order valence-electron chi connectivity index (χ2n) is 4.80. The maximum atomic E-state index is 12.2. The Labute approximate surface area is 142 Å². The number of aryl methyl sites for hydroxylation is 1. The van der Waals surface area contributed by atoms with Gasteiger partial charge < -0.3 is 5.32 Å². The van der Waals surface area contributed by atoms with Crippen LogP contribution >= 0.6 is 11.3 Å². The Morgan fingerprint density at radius 2 is 1.96 bits per heavy atom. The normalized spacial score (nSPS) is 11.2. The number of aromatic nitrogens is 3. The number of nitrogens with zero attached hydrogens (tertiary/aromatic N) is 3. The smallest absolute Gasteiger partial charge is 0.276 e. The van der Waals surface area contributed by atoms with Crippen LogP contribution in [-0.4, -0.2) is 29.1 Å². The van der Waals surface area contributed by atoms with Crippen molar-refractivity contribution in [3.05, 3.63) is 53.8 Å². The third-order valence-corrected chi connectivity index (χ3v) is 5.20. The van der Waals surface area contributed by atoms with E-state index in [0.717, 1.165) is 0 Å². The van der Waals surface area contributed by atoms with Crippen LogP contribution in [0, 0.1) is 0 Å². The van der Waals surface area contributed by atoms with Crippen LogP contribution in [0.3, 0.4) is 0 Å². The van der Waals surface area contributed by atoms with Crippen molar-refractivity contribution in [3.63, 3.8) is 0 Å².